The van der Waals surface area contributed by atoms with Gasteiger partial charge in [-0.15, -0.1) is 0 Å². The zero-order valence-electron chi connectivity index (χ0n) is 6.97. The van der Waals surface area contributed by atoms with Gasteiger partial charge in [-0.1, -0.05) is 0 Å². The van der Waals surface area contributed by atoms with Gasteiger partial charge < -0.3 is 0 Å². The Hall–Kier alpha value is -1.41. The number of aliphatic imine (C=N–C) groups is 1. The topological polar surface area (TPSA) is 47.2 Å². The van der Waals surface area contributed by atoms with Crippen LogP contribution in [0.15, 0.2) is 23.5 Å². The van der Waals surface area contributed by atoms with Crippen LogP contribution in [0.3, 0.4) is 0 Å². The Balaban J connectivity index is 2.31. The molecule has 1 atom stereocenters. The van der Waals surface area contributed by atoms with Crippen molar-refractivity contribution in [2.24, 2.45) is 4.99 Å². The van der Waals surface area contributed by atoms with Crippen LogP contribution in [0.4, 0.5) is 0 Å². The molecule has 0 aliphatic heterocycles. The van der Waals surface area contributed by atoms with Crippen molar-refractivity contribution in [3.05, 3.63) is 18.5 Å². The van der Waals surface area contributed by atoms with Crippen LogP contribution >= 0.6 is 0 Å². The molecule has 0 radical (unpaired) electrons. The van der Waals surface area contributed by atoms with E-state index in [4.69, 9.17) is 0 Å². The van der Waals surface area contributed by atoms with E-state index in [9.17, 15) is 4.79 Å². The van der Waals surface area contributed by atoms with Crippen molar-refractivity contribution in [1.82, 2.24) is 9.78 Å². The second-order valence-corrected chi connectivity index (χ2v) is 2.63. The molecule has 1 rings (SSSR count). The van der Waals surface area contributed by atoms with E-state index in [1.165, 1.54) is 0 Å². The fourth-order valence-electron chi connectivity index (χ4n) is 0.906. The third-order valence-corrected chi connectivity index (χ3v) is 1.61. The van der Waals surface area contributed by atoms with Crippen molar-refractivity contribution in [3.8, 4) is 0 Å². The second-order valence-electron chi connectivity index (χ2n) is 2.63. The molecule has 0 saturated heterocycles. The van der Waals surface area contributed by atoms with Crippen molar-refractivity contribution in [3.63, 3.8) is 0 Å². The van der Waals surface area contributed by atoms with Gasteiger partial charge in [0.15, 0.2) is 0 Å². The van der Waals surface area contributed by atoms with Crippen LogP contribution in [-0.4, -0.2) is 21.9 Å². The normalized spacial score (nSPS) is 12.1. The van der Waals surface area contributed by atoms with Crippen LogP contribution in [0.25, 0.3) is 0 Å². The molecule has 0 N–H and O–H groups in total. The SMILES string of the molecule is CC(CCn1cccn1)N=C=O. The Bertz CT molecular complexity index is 262. The molecule has 4 heteroatoms. The summed E-state index contributed by atoms with van der Waals surface area (Å²) in [5, 5.41) is 4.02. The first-order chi connectivity index (χ1) is 5.83. The molecule has 0 bridgehead atoms. The summed E-state index contributed by atoms with van der Waals surface area (Å²) in [5.74, 6) is 0. The number of hydrogen-bond acceptors (Lipinski definition) is 3. The van der Waals surface area contributed by atoms with Crippen molar-refractivity contribution in [2.75, 3.05) is 0 Å². The molecule has 64 valence electrons. The molecule has 0 aromatic carbocycles. The summed E-state index contributed by atoms with van der Waals surface area (Å²) < 4.78 is 1.82. The summed E-state index contributed by atoms with van der Waals surface area (Å²) in [5.41, 5.74) is 0. The van der Waals surface area contributed by atoms with Crippen LogP contribution < -0.4 is 0 Å². The molecule has 0 spiro atoms. The molecular formula is C8H11N3O. The predicted octanol–water partition coefficient (Wildman–Crippen LogP) is 0.997. The molecule has 1 unspecified atom stereocenters. The molecule has 0 aliphatic rings. The predicted molar refractivity (Wildman–Crippen MR) is 44.4 cm³/mol. The summed E-state index contributed by atoms with van der Waals surface area (Å²) in [6, 6.07) is 1.90. The second kappa shape index (κ2) is 4.46. The van der Waals surface area contributed by atoms with Crippen LogP contribution in [0.5, 0.6) is 0 Å². The summed E-state index contributed by atoms with van der Waals surface area (Å²) in [7, 11) is 0. The molecule has 1 heterocycles. The van der Waals surface area contributed by atoms with Gasteiger partial charge >= 0.3 is 0 Å². The number of isocyanates is 1. The maximum absolute atomic E-state index is 9.86. The van der Waals surface area contributed by atoms with E-state index < -0.39 is 0 Å². The first-order valence-corrected chi connectivity index (χ1v) is 3.87. The van der Waals surface area contributed by atoms with E-state index in [2.05, 4.69) is 10.1 Å². The summed E-state index contributed by atoms with van der Waals surface area (Å²) in [6.45, 7) is 2.67. The van der Waals surface area contributed by atoms with Gasteiger partial charge in [0.2, 0.25) is 6.08 Å². The molecule has 0 amide bonds. The van der Waals surface area contributed by atoms with Crippen LogP contribution in [0.1, 0.15) is 13.3 Å². The standard InChI is InChI=1S/C8H11N3O/c1-8(9-7-12)3-6-11-5-2-4-10-11/h2,4-5,8H,3,6H2,1H3. The minimum absolute atomic E-state index is 0.0340. The fraction of sp³-hybridized carbons (Fsp3) is 0.500. The Kier molecular flexibility index (Phi) is 3.23. The van der Waals surface area contributed by atoms with Gasteiger partial charge in [-0.05, 0) is 19.4 Å². The average molecular weight is 165 g/mol. The van der Waals surface area contributed by atoms with Gasteiger partial charge in [0.05, 0.1) is 6.04 Å². The molecule has 1 aromatic rings. The van der Waals surface area contributed by atoms with E-state index >= 15 is 0 Å². The van der Waals surface area contributed by atoms with Crippen LogP contribution in [0, 0.1) is 0 Å². The maximum atomic E-state index is 9.86. The number of hydrogen-bond donors (Lipinski definition) is 0. The number of carbonyl (C=O) groups excluding carboxylic acids is 1. The zero-order valence-corrected chi connectivity index (χ0v) is 6.97. The molecular weight excluding hydrogens is 154 g/mol. The van der Waals surface area contributed by atoms with Gasteiger partial charge in [0.25, 0.3) is 0 Å². The monoisotopic (exact) mass is 165 g/mol. The highest BCUT2D eigenvalue weighted by Crippen LogP contribution is 1.97. The lowest BCUT2D eigenvalue weighted by atomic mass is 10.2. The highest BCUT2D eigenvalue weighted by Gasteiger charge is 1.98. The number of aromatic nitrogens is 2. The molecule has 0 fully saturated rings. The van der Waals surface area contributed by atoms with Gasteiger partial charge in [-0.25, -0.2) is 9.79 Å². The molecule has 1 aromatic heterocycles. The van der Waals surface area contributed by atoms with E-state index in [1.807, 2.05) is 23.9 Å². The van der Waals surface area contributed by atoms with E-state index in [0.717, 1.165) is 13.0 Å². The lowest BCUT2D eigenvalue weighted by molar-refractivity contribution is 0.520. The van der Waals surface area contributed by atoms with Crippen molar-refractivity contribution in [2.45, 2.75) is 25.9 Å². The summed E-state index contributed by atoms with van der Waals surface area (Å²) in [6.07, 6.45) is 5.98. The molecule has 0 aliphatic carbocycles. The largest absolute Gasteiger partial charge is 0.273 e. The van der Waals surface area contributed by atoms with Crippen LogP contribution in [-0.2, 0) is 11.3 Å². The first kappa shape index (κ1) is 8.68. The molecule has 4 nitrogen and oxygen atoms in total. The smallest absolute Gasteiger partial charge is 0.235 e. The van der Waals surface area contributed by atoms with Crippen molar-refractivity contribution in [1.29, 1.82) is 0 Å². The highest BCUT2D eigenvalue weighted by molar-refractivity contribution is 5.33. The Morgan fingerprint density at radius 1 is 1.75 bits per heavy atom. The average Bonchev–Trinajstić information content (AvgIpc) is 2.53. The quantitative estimate of drug-likeness (QED) is 0.493. The Labute approximate surface area is 70.9 Å². The third kappa shape index (κ3) is 2.68. The number of nitrogens with zero attached hydrogens (tertiary/aromatic N) is 3. The number of rotatable bonds is 4. The summed E-state index contributed by atoms with van der Waals surface area (Å²) >= 11 is 0. The highest BCUT2D eigenvalue weighted by atomic mass is 16.1. The Morgan fingerprint density at radius 2 is 2.58 bits per heavy atom. The Morgan fingerprint density at radius 3 is 3.17 bits per heavy atom. The zero-order chi connectivity index (χ0) is 8.81. The van der Waals surface area contributed by atoms with E-state index in [0.29, 0.717) is 0 Å². The van der Waals surface area contributed by atoms with Crippen molar-refractivity contribution >= 4 is 6.08 Å². The minimum atomic E-state index is 0.0340. The van der Waals surface area contributed by atoms with Gasteiger partial charge in [-0.3, -0.25) is 4.68 Å². The van der Waals surface area contributed by atoms with Crippen molar-refractivity contribution < 1.29 is 4.79 Å². The molecule has 12 heavy (non-hydrogen) atoms. The lowest BCUT2D eigenvalue weighted by Gasteiger charge is -2.03. The van der Waals surface area contributed by atoms with Gasteiger partial charge in [-0.2, -0.15) is 5.10 Å². The van der Waals surface area contributed by atoms with E-state index in [-0.39, 0.29) is 6.04 Å². The van der Waals surface area contributed by atoms with Crippen LogP contribution in [0.2, 0.25) is 0 Å². The van der Waals surface area contributed by atoms with Gasteiger partial charge in [0.1, 0.15) is 0 Å². The van der Waals surface area contributed by atoms with Gasteiger partial charge in [0, 0.05) is 18.9 Å². The summed E-state index contributed by atoms with van der Waals surface area (Å²) in [4.78, 5) is 13.4. The number of aryl methyl sites for hydroxylation is 1. The lowest BCUT2D eigenvalue weighted by Crippen LogP contribution is -2.05. The maximum Gasteiger partial charge on any atom is 0.235 e. The minimum Gasteiger partial charge on any atom is -0.273 e. The molecule has 0 saturated carbocycles. The van der Waals surface area contributed by atoms with E-state index in [1.54, 1.807) is 12.3 Å². The first-order valence-electron chi connectivity index (χ1n) is 3.87. The fourth-order valence-corrected chi connectivity index (χ4v) is 0.906. The third-order valence-electron chi connectivity index (χ3n) is 1.61.